The summed E-state index contributed by atoms with van der Waals surface area (Å²) in [5.41, 5.74) is -2.31. The predicted octanol–water partition coefficient (Wildman–Crippen LogP) is 2.49. The van der Waals surface area contributed by atoms with Gasteiger partial charge in [-0.1, -0.05) is 0 Å². The number of thioether (sulfide) groups is 1. The third kappa shape index (κ3) is 6.56. The van der Waals surface area contributed by atoms with Gasteiger partial charge in [0.15, 0.2) is 0 Å². The summed E-state index contributed by atoms with van der Waals surface area (Å²) < 4.78 is 45.2. The molecule has 0 heterocycles. The summed E-state index contributed by atoms with van der Waals surface area (Å²) in [6.07, 6.45) is -4.67. The molecule has 0 aliphatic rings. The highest BCUT2D eigenvalue weighted by atomic mass is 32.2. The Hall–Kier alpha value is -0.500. The number of carbonyl (C=O) groups is 1. The zero-order valence-electron chi connectivity index (χ0n) is 7.96. The second-order valence-corrected chi connectivity index (χ2v) is 3.95. The van der Waals surface area contributed by atoms with E-state index < -0.39 is 17.6 Å². The van der Waals surface area contributed by atoms with Crippen LogP contribution < -0.4 is 0 Å². The standard InChI is InChI=1S/C7H9F3O3S2/c1-3-12-6(14)15-5(7(8,9)10)13-4(2)11/h5H,3H2,1-2H3/t5-/m1/s1. The Labute approximate surface area is 94.3 Å². The van der Waals surface area contributed by atoms with Crippen molar-refractivity contribution in [1.82, 2.24) is 0 Å². The average molecular weight is 262 g/mol. The van der Waals surface area contributed by atoms with Gasteiger partial charge < -0.3 is 9.47 Å². The fourth-order valence-corrected chi connectivity index (χ4v) is 1.61. The lowest BCUT2D eigenvalue weighted by atomic mass is 10.7. The summed E-state index contributed by atoms with van der Waals surface area (Å²) in [5, 5.41) is 0. The predicted molar refractivity (Wildman–Crippen MR) is 53.4 cm³/mol. The number of carbonyl (C=O) groups excluding carboxylic acids is 1. The fourth-order valence-electron chi connectivity index (χ4n) is 0.548. The van der Waals surface area contributed by atoms with Crippen molar-refractivity contribution < 1.29 is 27.4 Å². The molecule has 0 bridgehead atoms. The molecule has 0 fully saturated rings. The van der Waals surface area contributed by atoms with E-state index in [4.69, 9.17) is 0 Å². The zero-order valence-corrected chi connectivity index (χ0v) is 9.59. The Balaban J connectivity index is 4.38. The van der Waals surface area contributed by atoms with Gasteiger partial charge in [-0.25, -0.2) is 0 Å². The molecule has 1 atom stereocenters. The molecule has 0 saturated carbocycles. The van der Waals surface area contributed by atoms with Gasteiger partial charge in [0.25, 0.3) is 5.44 Å². The van der Waals surface area contributed by atoms with Crippen molar-refractivity contribution in [1.29, 1.82) is 0 Å². The van der Waals surface area contributed by atoms with Gasteiger partial charge in [0.05, 0.1) is 6.61 Å². The number of alkyl halides is 3. The zero-order chi connectivity index (χ0) is 12.1. The van der Waals surface area contributed by atoms with E-state index in [0.717, 1.165) is 6.92 Å². The molecule has 0 aliphatic carbocycles. The Kier molecular flexibility index (Phi) is 5.96. The Morgan fingerprint density at radius 3 is 2.40 bits per heavy atom. The summed E-state index contributed by atoms with van der Waals surface area (Å²) in [6.45, 7) is 2.64. The molecular formula is C7H9F3O3S2. The lowest BCUT2D eigenvalue weighted by Crippen LogP contribution is -2.31. The molecule has 0 amide bonds. The largest absolute Gasteiger partial charge is 0.479 e. The molecular weight excluding hydrogens is 253 g/mol. The van der Waals surface area contributed by atoms with Gasteiger partial charge in [0.1, 0.15) is 0 Å². The van der Waals surface area contributed by atoms with E-state index in [1.54, 1.807) is 6.92 Å². The van der Waals surface area contributed by atoms with Gasteiger partial charge in [-0.15, -0.1) is 0 Å². The molecule has 0 aromatic carbocycles. The van der Waals surface area contributed by atoms with Gasteiger partial charge in [-0.3, -0.25) is 4.79 Å². The minimum Gasteiger partial charge on any atom is -0.479 e. The minimum absolute atomic E-state index is 0.146. The van der Waals surface area contributed by atoms with Crippen LogP contribution in [-0.2, 0) is 14.3 Å². The summed E-state index contributed by atoms with van der Waals surface area (Å²) in [5.74, 6) is -1.02. The van der Waals surface area contributed by atoms with E-state index in [2.05, 4.69) is 21.7 Å². The third-order valence-corrected chi connectivity index (χ3v) is 2.30. The van der Waals surface area contributed by atoms with E-state index in [1.807, 2.05) is 0 Å². The van der Waals surface area contributed by atoms with E-state index in [9.17, 15) is 18.0 Å². The van der Waals surface area contributed by atoms with Crippen LogP contribution in [0.15, 0.2) is 0 Å². The molecule has 0 unspecified atom stereocenters. The van der Waals surface area contributed by atoms with E-state index in [-0.39, 0.29) is 22.8 Å². The van der Waals surface area contributed by atoms with Crippen LogP contribution in [0, 0.1) is 0 Å². The molecule has 0 aromatic heterocycles. The molecule has 88 valence electrons. The Morgan fingerprint density at radius 1 is 1.53 bits per heavy atom. The van der Waals surface area contributed by atoms with E-state index in [0.29, 0.717) is 0 Å². The van der Waals surface area contributed by atoms with Gasteiger partial charge in [0.2, 0.25) is 4.38 Å². The fraction of sp³-hybridized carbons (Fsp3) is 0.714. The van der Waals surface area contributed by atoms with Crippen molar-refractivity contribution in [3.63, 3.8) is 0 Å². The molecule has 3 nitrogen and oxygen atoms in total. The highest BCUT2D eigenvalue weighted by Crippen LogP contribution is 2.32. The number of hydrogen-bond donors (Lipinski definition) is 0. The van der Waals surface area contributed by atoms with Crippen LogP contribution in [-0.4, -0.2) is 28.6 Å². The lowest BCUT2D eigenvalue weighted by molar-refractivity contribution is -0.195. The molecule has 0 saturated heterocycles. The first kappa shape index (κ1) is 14.5. The molecule has 0 radical (unpaired) electrons. The second kappa shape index (κ2) is 6.16. The first-order valence-electron chi connectivity index (χ1n) is 3.84. The molecule has 15 heavy (non-hydrogen) atoms. The maximum atomic E-state index is 12.3. The SMILES string of the molecule is CCOC(=S)S[C@@H](OC(C)=O)C(F)(F)F. The van der Waals surface area contributed by atoms with Gasteiger partial charge >= 0.3 is 12.1 Å². The molecule has 0 spiro atoms. The summed E-state index contributed by atoms with van der Waals surface area (Å²) >= 11 is 4.65. The smallest absolute Gasteiger partial charge is 0.435 e. The summed E-state index contributed by atoms with van der Waals surface area (Å²) in [4.78, 5) is 10.4. The van der Waals surface area contributed by atoms with Crippen LogP contribution in [0.4, 0.5) is 13.2 Å². The maximum Gasteiger partial charge on any atom is 0.435 e. The molecule has 0 aliphatic heterocycles. The topological polar surface area (TPSA) is 35.5 Å². The Bertz CT molecular complexity index is 242. The first-order valence-corrected chi connectivity index (χ1v) is 5.13. The van der Waals surface area contributed by atoms with Crippen LogP contribution in [0.1, 0.15) is 13.8 Å². The Morgan fingerprint density at radius 2 is 2.07 bits per heavy atom. The van der Waals surface area contributed by atoms with Gasteiger partial charge in [-0.05, 0) is 30.9 Å². The van der Waals surface area contributed by atoms with Crippen molar-refractivity contribution >= 4 is 34.3 Å². The van der Waals surface area contributed by atoms with Crippen LogP contribution in [0.3, 0.4) is 0 Å². The van der Waals surface area contributed by atoms with Crippen molar-refractivity contribution in [2.45, 2.75) is 25.5 Å². The number of ether oxygens (including phenoxy) is 2. The van der Waals surface area contributed by atoms with Crippen molar-refractivity contribution in [2.24, 2.45) is 0 Å². The maximum absolute atomic E-state index is 12.3. The summed E-state index contributed by atoms with van der Waals surface area (Å²) in [6, 6.07) is 0. The highest BCUT2D eigenvalue weighted by molar-refractivity contribution is 8.22. The minimum atomic E-state index is -4.67. The number of hydrogen-bond acceptors (Lipinski definition) is 5. The van der Waals surface area contributed by atoms with Crippen LogP contribution in [0.5, 0.6) is 0 Å². The van der Waals surface area contributed by atoms with Crippen LogP contribution in [0.2, 0.25) is 0 Å². The van der Waals surface area contributed by atoms with Gasteiger partial charge in [-0.2, -0.15) is 13.2 Å². The second-order valence-electron chi connectivity index (χ2n) is 2.28. The third-order valence-electron chi connectivity index (χ3n) is 1.01. The van der Waals surface area contributed by atoms with Gasteiger partial charge in [0, 0.05) is 6.92 Å². The number of esters is 1. The quantitative estimate of drug-likeness (QED) is 0.443. The summed E-state index contributed by atoms with van der Waals surface area (Å²) in [7, 11) is 0. The highest BCUT2D eigenvalue weighted by Gasteiger charge is 2.44. The number of rotatable bonds is 3. The molecule has 0 N–H and O–H groups in total. The molecule has 8 heteroatoms. The van der Waals surface area contributed by atoms with Crippen molar-refractivity contribution in [3.8, 4) is 0 Å². The average Bonchev–Trinajstić information content (AvgIpc) is 2.00. The first-order chi connectivity index (χ1) is 6.77. The molecule has 0 rings (SSSR count). The van der Waals surface area contributed by atoms with E-state index >= 15 is 0 Å². The normalized spacial score (nSPS) is 13.1. The van der Waals surface area contributed by atoms with Crippen molar-refractivity contribution in [3.05, 3.63) is 0 Å². The monoisotopic (exact) mass is 262 g/mol. The lowest BCUT2D eigenvalue weighted by Gasteiger charge is -2.19. The van der Waals surface area contributed by atoms with Crippen molar-refractivity contribution in [2.75, 3.05) is 6.61 Å². The number of halogens is 3. The number of thiocarbonyl (C=S) groups is 1. The van der Waals surface area contributed by atoms with Crippen LogP contribution >= 0.6 is 24.0 Å². The molecule has 0 aromatic rings. The van der Waals surface area contributed by atoms with Crippen LogP contribution in [0.25, 0.3) is 0 Å². The van der Waals surface area contributed by atoms with E-state index in [1.165, 1.54) is 0 Å².